The van der Waals surface area contributed by atoms with E-state index in [2.05, 4.69) is 5.32 Å². The molecule has 2 nitrogen and oxygen atoms in total. The van der Waals surface area contributed by atoms with E-state index >= 15 is 0 Å². The predicted octanol–water partition coefficient (Wildman–Crippen LogP) is 2.16. The molecule has 0 radical (unpaired) electrons. The van der Waals surface area contributed by atoms with Gasteiger partial charge in [0, 0.05) is 11.6 Å². The number of aromatic hydroxyl groups is 1. The van der Waals surface area contributed by atoms with Crippen LogP contribution in [0, 0.1) is 0 Å². The lowest BCUT2D eigenvalue weighted by Crippen LogP contribution is -2.11. The van der Waals surface area contributed by atoms with E-state index in [9.17, 15) is 5.11 Å². The lowest BCUT2D eigenvalue weighted by atomic mass is 10.2. The average molecular weight is 186 g/mol. The van der Waals surface area contributed by atoms with Gasteiger partial charge >= 0.3 is 0 Å². The van der Waals surface area contributed by atoms with E-state index in [-0.39, 0.29) is 5.75 Å². The first-order chi connectivity index (χ1) is 5.72. The minimum atomic E-state index is 0.218. The van der Waals surface area contributed by atoms with E-state index in [1.807, 2.05) is 13.0 Å². The molecule has 66 valence electrons. The Balaban J connectivity index is 2.72. The van der Waals surface area contributed by atoms with Crippen LogP contribution in [0.5, 0.6) is 5.75 Å². The molecule has 0 saturated carbocycles. The van der Waals surface area contributed by atoms with Crippen LogP contribution >= 0.6 is 11.6 Å². The van der Waals surface area contributed by atoms with Crippen LogP contribution in [0.15, 0.2) is 18.2 Å². The molecule has 0 heterocycles. The molecule has 1 rings (SSSR count). The van der Waals surface area contributed by atoms with Gasteiger partial charge in [0.25, 0.3) is 0 Å². The van der Waals surface area contributed by atoms with Crippen LogP contribution in [0.4, 0.5) is 0 Å². The van der Waals surface area contributed by atoms with Crippen molar-refractivity contribution in [2.45, 2.75) is 13.5 Å². The topological polar surface area (TPSA) is 32.3 Å². The summed E-state index contributed by atoms with van der Waals surface area (Å²) in [6.45, 7) is 3.68. The van der Waals surface area contributed by atoms with E-state index in [1.165, 1.54) is 6.07 Å². The van der Waals surface area contributed by atoms with E-state index in [0.717, 1.165) is 18.7 Å². The maximum absolute atomic E-state index is 9.18. The van der Waals surface area contributed by atoms with Crippen molar-refractivity contribution in [3.05, 3.63) is 28.8 Å². The molecule has 0 aliphatic heterocycles. The summed E-state index contributed by atoms with van der Waals surface area (Å²) in [4.78, 5) is 0. The summed E-state index contributed by atoms with van der Waals surface area (Å²) in [6.07, 6.45) is 0. The monoisotopic (exact) mass is 185 g/mol. The van der Waals surface area contributed by atoms with Gasteiger partial charge in [-0.2, -0.15) is 0 Å². The Morgan fingerprint density at radius 1 is 1.42 bits per heavy atom. The lowest BCUT2D eigenvalue weighted by molar-refractivity contribution is 0.474. The smallest absolute Gasteiger partial charge is 0.117 e. The van der Waals surface area contributed by atoms with Gasteiger partial charge in [0.15, 0.2) is 0 Å². The molecule has 0 atom stereocenters. The van der Waals surface area contributed by atoms with Gasteiger partial charge in [0.05, 0.1) is 0 Å². The predicted molar refractivity (Wildman–Crippen MR) is 50.5 cm³/mol. The highest BCUT2D eigenvalue weighted by Crippen LogP contribution is 2.19. The third-order valence-electron chi connectivity index (χ3n) is 1.52. The van der Waals surface area contributed by atoms with E-state index < -0.39 is 0 Å². The molecule has 0 aromatic heterocycles. The maximum Gasteiger partial charge on any atom is 0.117 e. The van der Waals surface area contributed by atoms with Crippen molar-refractivity contribution in [3.63, 3.8) is 0 Å². The summed E-state index contributed by atoms with van der Waals surface area (Å²) in [5.74, 6) is 0.218. The Hall–Kier alpha value is -0.730. The van der Waals surface area contributed by atoms with Gasteiger partial charge in [-0.15, -0.1) is 0 Å². The van der Waals surface area contributed by atoms with Gasteiger partial charge in [0.2, 0.25) is 0 Å². The molecular weight excluding hydrogens is 174 g/mol. The fourth-order valence-corrected chi connectivity index (χ4v) is 1.26. The molecular formula is C9H12ClNO. The van der Waals surface area contributed by atoms with E-state index in [4.69, 9.17) is 11.6 Å². The maximum atomic E-state index is 9.18. The van der Waals surface area contributed by atoms with Crippen LogP contribution in [0.2, 0.25) is 5.02 Å². The zero-order chi connectivity index (χ0) is 8.97. The summed E-state index contributed by atoms with van der Waals surface area (Å²) in [7, 11) is 0. The Bertz CT molecular complexity index is 242. The van der Waals surface area contributed by atoms with Crippen molar-refractivity contribution in [1.29, 1.82) is 0 Å². The Kier molecular flexibility index (Phi) is 3.38. The van der Waals surface area contributed by atoms with Gasteiger partial charge in [0.1, 0.15) is 5.75 Å². The minimum Gasteiger partial charge on any atom is -0.508 e. The highest BCUT2D eigenvalue weighted by Gasteiger charge is 1.96. The number of phenolic OH excluding ortho intramolecular Hbond substituents is 1. The summed E-state index contributed by atoms with van der Waals surface area (Å²) >= 11 is 5.74. The van der Waals surface area contributed by atoms with Crippen molar-refractivity contribution in [2.75, 3.05) is 6.54 Å². The second-order valence-corrected chi connectivity index (χ2v) is 3.03. The molecule has 3 heteroatoms. The quantitative estimate of drug-likeness (QED) is 0.757. The van der Waals surface area contributed by atoms with Crippen molar-refractivity contribution < 1.29 is 5.11 Å². The summed E-state index contributed by atoms with van der Waals surface area (Å²) < 4.78 is 0. The van der Waals surface area contributed by atoms with Gasteiger partial charge < -0.3 is 10.4 Å². The van der Waals surface area contributed by atoms with Gasteiger partial charge in [-0.05, 0) is 30.3 Å². The molecule has 0 saturated heterocycles. The molecule has 0 unspecified atom stereocenters. The molecule has 0 spiro atoms. The van der Waals surface area contributed by atoms with E-state index in [0.29, 0.717) is 5.02 Å². The molecule has 2 N–H and O–H groups in total. The minimum absolute atomic E-state index is 0.218. The normalized spacial score (nSPS) is 10.2. The Labute approximate surface area is 77.2 Å². The Morgan fingerprint density at radius 3 is 2.75 bits per heavy atom. The van der Waals surface area contributed by atoms with Gasteiger partial charge in [-0.1, -0.05) is 18.5 Å². The molecule has 0 fully saturated rings. The fourth-order valence-electron chi connectivity index (χ4n) is 1.00. The van der Waals surface area contributed by atoms with Gasteiger partial charge in [-0.3, -0.25) is 0 Å². The molecule has 0 amide bonds. The largest absolute Gasteiger partial charge is 0.508 e. The first-order valence-corrected chi connectivity index (χ1v) is 4.29. The van der Waals surface area contributed by atoms with Crippen LogP contribution in [0.1, 0.15) is 12.5 Å². The number of rotatable bonds is 3. The summed E-state index contributed by atoms with van der Waals surface area (Å²) in [6, 6.07) is 5.06. The van der Waals surface area contributed by atoms with Crippen molar-refractivity contribution in [1.82, 2.24) is 5.32 Å². The number of hydrogen-bond donors (Lipinski definition) is 2. The molecule has 0 bridgehead atoms. The van der Waals surface area contributed by atoms with Gasteiger partial charge in [-0.25, -0.2) is 0 Å². The number of benzene rings is 1. The molecule has 1 aromatic rings. The standard InChI is InChI=1S/C9H12ClNO/c1-2-11-6-7-3-8(10)5-9(12)4-7/h3-5,11-12H,2,6H2,1H3. The molecule has 0 aliphatic carbocycles. The second-order valence-electron chi connectivity index (χ2n) is 2.60. The zero-order valence-corrected chi connectivity index (χ0v) is 7.73. The molecule has 1 aromatic carbocycles. The third-order valence-corrected chi connectivity index (χ3v) is 1.74. The SMILES string of the molecule is CCNCc1cc(O)cc(Cl)c1. The number of halogens is 1. The average Bonchev–Trinajstić information content (AvgIpc) is 1.99. The summed E-state index contributed by atoms with van der Waals surface area (Å²) in [5, 5.41) is 12.9. The Morgan fingerprint density at radius 2 is 2.17 bits per heavy atom. The van der Waals surface area contributed by atoms with Crippen LogP contribution in [-0.2, 0) is 6.54 Å². The molecule has 0 aliphatic rings. The first-order valence-electron chi connectivity index (χ1n) is 3.91. The lowest BCUT2D eigenvalue weighted by Gasteiger charge is -2.03. The number of hydrogen-bond acceptors (Lipinski definition) is 2. The fraction of sp³-hybridized carbons (Fsp3) is 0.333. The highest BCUT2D eigenvalue weighted by molar-refractivity contribution is 6.30. The van der Waals surface area contributed by atoms with Crippen molar-refractivity contribution in [3.8, 4) is 5.75 Å². The van der Waals surface area contributed by atoms with Crippen LogP contribution in [-0.4, -0.2) is 11.7 Å². The van der Waals surface area contributed by atoms with E-state index in [1.54, 1.807) is 6.07 Å². The van der Waals surface area contributed by atoms with Crippen molar-refractivity contribution in [2.24, 2.45) is 0 Å². The van der Waals surface area contributed by atoms with Crippen LogP contribution in [0.3, 0.4) is 0 Å². The number of nitrogens with one attached hydrogen (secondary N) is 1. The third kappa shape index (κ3) is 2.72. The summed E-state index contributed by atoms with van der Waals surface area (Å²) in [5.41, 5.74) is 1.00. The first kappa shape index (κ1) is 9.36. The number of phenols is 1. The highest BCUT2D eigenvalue weighted by atomic mass is 35.5. The molecule has 12 heavy (non-hydrogen) atoms. The van der Waals surface area contributed by atoms with Crippen molar-refractivity contribution >= 4 is 11.6 Å². The van der Waals surface area contributed by atoms with Crippen LogP contribution < -0.4 is 5.32 Å². The zero-order valence-electron chi connectivity index (χ0n) is 6.97. The van der Waals surface area contributed by atoms with Crippen LogP contribution in [0.25, 0.3) is 0 Å². The second kappa shape index (κ2) is 4.33.